The van der Waals surface area contributed by atoms with Gasteiger partial charge >= 0.3 is 0 Å². The van der Waals surface area contributed by atoms with Gasteiger partial charge in [-0.25, -0.2) is 13.1 Å². The molecule has 0 spiro atoms. The van der Waals surface area contributed by atoms with E-state index in [4.69, 9.17) is 9.47 Å². The first-order valence-corrected chi connectivity index (χ1v) is 11.8. The average Bonchev–Trinajstić information content (AvgIpc) is 2.76. The second-order valence-electron chi connectivity index (χ2n) is 6.93. The molecule has 0 aliphatic heterocycles. The van der Waals surface area contributed by atoms with Crippen LogP contribution in [0.5, 0.6) is 5.75 Å². The lowest BCUT2D eigenvalue weighted by molar-refractivity contribution is 0.145. The summed E-state index contributed by atoms with van der Waals surface area (Å²) in [6, 6.07) is 15.4. The molecule has 0 radical (unpaired) electrons. The maximum atomic E-state index is 12.2. The van der Waals surface area contributed by atoms with Gasteiger partial charge in [0.2, 0.25) is 10.0 Å². The van der Waals surface area contributed by atoms with Crippen molar-refractivity contribution >= 4 is 40.0 Å². The van der Waals surface area contributed by atoms with Gasteiger partial charge < -0.3 is 20.1 Å². The van der Waals surface area contributed by atoms with Crippen LogP contribution in [0.1, 0.15) is 16.7 Å². The minimum atomic E-state index is -3.40. The minimum Gasteiger partial charge on any atom is -0.491 e. The summed E-state index contributed by atoms with van der Waals surface area (Å²) in [5, 5.41) is 6.23. The molecule has 0 saturated carbocycles. The Balaban J connectivity index is 0.00000512. The maximum Gasteiger partial charge on any atom is 0.213 e. The highest BCUT2D eigenvalue weighted by molar-refractivity contribution is 14.0. The van der Waals surface area contributed by atoms with Gasteiger partial charge in [0, 0.05) is 39.4 Å². The smallest absolute Gasteiger partial charge is 0.213 e. The first-order chi connectivity index (χ1) is 14.9. The van der Waals surface area contributed by atoms with Crippen LogP contribution in [0.3, 0.4) is 0 Å². The van der Waals surface area contributed by atoms with Crippen LogP contribution in [0, 0.1) is 6.92 Å². The summed E-state index contributed by atoms with van der Waals surface area (Å²) in [4.78, 5) is 4.16. The van der Waals surface area contributed by atoms with Crippen LogP contribution >= 0.6 is 24.0 Å². The number of benzene rings is 2. The zero-order valence-electron chi connectivity index (χ0n) is 18.8. The summed E-state index contributed by atoms with van der Waals surface area (Å²) in [5.74, 6) is 1.24. The van der Waals surface area contributed by atoms with Gasteiger partial charge in [-0.3, -0.25) is 4.99 Å². The van der Waals surface area contributed by atoms with E-state index in [0.29, 0.717) is 25.7 Å². The topological polar surface area (TPSA) is 101 Å². The van der Waals surface area contributed by atoms with Crippen LogP contribution in [-0.4, -0.2) is 54.0 Å². The number of ether oxygens (including phenoxy) is 2. The minimum absolute atomic E-state index is 0. The molecular formula is C22H33IN4O4S. The summed E-state index contributed by atoms with van der Waals surface area (Å²) in [5.41, 5.74) is 2.99. The molecule has 3 N–H and O–H groups in total. The molecule has 8 nitrogen and oxygen atoms in total. The summed E-state index contributed by atoms with van der Waals surface area (Å²) < 4.78 is 37.9. The number of hydrogen-bond donors (Lipinski definition) is 3. The summed E-state index contributed by atoms with van der Waals surface area (Å²) >= 11 is 0. The molecule has 0 unspecified atom stereocenters. The molecule has 0 aliphatic carbocycles. The molecule has 0 saturated heterocycles. The second kappa shape index (κ2) is 15.0. The second-order valence-corrected chi connectivity index (χ2v) is 8.86. The number of nitrogens with zero attached hydrogens (tertiary/aromatic N) is 1. The lowest BCUT2D eigenvalue weighted by Crippen LogP contribution is -2.40. The highest BCUT2D eigenvalue weighted by Gasteiger charge is 2.11. The molecule has 32 heavy (non-hydrogen) atoms. The Bertz CT molecular complexity index is 940. The van der Waals surface area contributed by atoms with E-state index in [1.807, 2.05) is 55.5 Å². The highest BCUT2D eigenvalue weighted by atomic mass is 127. The Labute approximate surface area is 208 Å². The average molecular weight is 577 g/mol. The van der Waals surface area contributed by atoms with Gasteiger partial charge in [0.1, 0.15) is 12.4 Å². The molecule has 2 aromatic rings. The van der Waals surface area contributed by atoms with Crippen LogP contribution in [0.2, 0.25) is 0 Å². The van der Waals surface area contributed by atoms with E-state index in [-0.39, 0.29) is 42.8 Å². The lowest BCUT2D eigenvalue weighted by atomic mass is 10.1. The van der Waals surface area contributed by atoms with Crippen LogP contribution < -0.4 is 20.1 Å². The standard InChI is InChI=1S/C22H32N4O4S.HI/c1-18-9-10-20(21(15-18)30-13-12-29-3)17-25-22(23-2)24-11-14-31(27,28)26-16-19-7-5-4-6-8-19;/h4-10,15,26H,11-14,16-17H2,1-3H3,(H2,23,24,25);1H. The largest absolute Gasteiger partial charge is 0.491 e. The molecular weight excluding hydrogens is 543 g/mol. The van der Waals surface area contributed by atoms with Gasteiger partial charge in [0.05, 0.1) is 12.4 Å². The Kier molecular flexibility index (Phi) is 13.2. The van der Waals surface area contributed by atoms with E-state index >= 15 is 0 Å². The molecule has 2 aromatic carbocycles. The Hall–Kier alpha value is -1.89. The number of methoxy groups -OCH3 is 1. The highest BCUT2D eigenvalue weighted by Crippen LogP contribution is 2.20. The third-order valence-corrected chi connectivity index (χ3v) is 5.77. The van der Waals surface area contributed by atoms with Crippen LogP contribution in [0.15, 0.2) is 53.5 Å². The number of nitrogens with one attached hydrogen (secondary N) is 3. The van der Waals surface area contributed by atoms with Crippen LogP contribution in [-0.2, 0) is 27.8 Å². The first-order valence-electron chi connectivity index (χ1n) is 10.1. The third-order valence-electron chi connectivity index (χ3n) is 4.44. The van der Waals surface area contributed by atoms with Crippen LogP contribution in [0.25, 0.3) is 0 Å². The van der Waals surface area contributed by atoms with E-state index in [9.17, 15) is 8.42 Å². The molecule has 0 fully saturated rings. The summed E-state index contributed by atoms with van der Waals surface area (Å²) in [6.45, 7) is 3.98. The molecule has 0 aliphatic rings. The van der Waals surface area contributed by atoms with Crippen molar-refractivity contribution in [1.82, 2.24) is 15.4 Å². The third kappa shape index (κ3) is 10.6. The van der Waals surface area contributed by atoms with E-state index in [0.717, 1.165) is 22.4 Å². The number of aliphatic imine (C=N–C) groups is 1. The van der Waals surface area contributed by atoms with E-state index in [1.165, 1.54) is 0 Å². The van der Waals surface area contributed by atoms with Gasteiger partial charge in [-0.1, -0.05) is 42.5 Å². The molecule has 10 heteroatoms. The number of hydrogen-bond acceptors (Lipinski definition) is 5. The number of rotatable bonds is 12. The zero-order chi connectivity index (χ0) is 22.5. The Morgan fingerprint density at radius 3 is 2.47 bits per heavy atom. The number of sulfonamides is 1. The van der Waals surface area contributed by atoms with Gasteiger partial charge in [-0.15, -0.1) is 24.0 Å². The van der Waals surface area contributed by atoms with Crippen molar-refractivity contribution in [2.75, 3.05) is 39.7 Å². The summed E-state index contributed by atoms with van der Waals surface area (Å²) in [7, 11) is -0.127. The van der Waals surface area contributed by atoms with Crippen molar-refractivity contribution in [1.29, 1.82) is 0 Å². The fourth-order valence-corrected chi connectivity index (χ4v) is 3.64. The van der Waals surface area contributed by atoms with Crippen molar-refractivity contribution in [3.63, 3.8) is 0 Å². The lowest BCUT2D eigenvalue weighted by Gasteiger charge is -2.15. The number of aryl methyl sites for hydroxylation is 1. The number of guanidine groups is 1. The van der Waals surface area contributed by atoms with Crippen molar-refractivity contribution in [3.8, 4) is 5.75 Å². The Morgan fingerprint density at radius 1 is 1.03 bits per heavy atom. The SMILES string of the molecule is CN=C(NCCS(=O)(=O)NCc1ccccc1)NCc1ccc(C)cc1OCCOC.I. The van der Waals surface area contributed by atoms with Crippen molar-refractivity contribution in [3.05, 3.63) is 65.2 Å². The van der Waals surface area contributed by atoms with Crippen LogP contribution in [0.4, 0.5) is 0 Å². The molecule has 0 aromatic heterocycles. The van der Waals surface area contributed by atoms with E-state index in [2.05, 4.69) is 20.3 Å². The van der Waals surface area contributed by atoms with Gasteiger partial charge in [-0.05, 0) is 24.1 Å². The normalized spacial score (nSPS) is 11.5. The van der Waals surface area contributed by atoms with Crippen molar-refractivity contribution in [2.24, 2.45) is 4.99 Å². The van der Waals surface area contributed by atoms with Crippen molar-refractivity contribution in [2.45, 2.75) is 20.0 Å². The predicted octanol–water partition coefficient (Wildman–Crippen LogP) is 2.42. The molecule has 2 rings (SSSR count). The van der Waals surface area contributed by atoms with E-state index in [1.54, 1.807) is 14.2 Å². The summed E-state index contributed by atoms with van der Waals surface area (Å²) in [6.07, 6.45) is 0. The predicted molar refractivity (Wildman–Crippen MR) is 139 cm³/mol. The molecule has 0 bridgehead atoms. The fraction of sp³-hybridized carbons (Fsp3) is 0.409. The van der Waals surface area contributed by atoms with Gasteiger partial charge in [0.15, 0.2) is 5.96 Å². The molecule has 0 heterocycles. The fourth-order valence-electron chi connectivity index (χ4n) is 2.74. The van der Waals surface area contributed by atoms with E-state index < -0.39 is 10.0 Å². The monoisotopic (exact) mass is 576 g/mol. The molecule has 0 atom stereocenters. The zero-order valence-corrected chi connectivity index (χ0v) is 21.9. The number of halogens is 1. The quantitative estimate of drug-likeness (QED) is 0.155. The maximum absolute atomic E-state index is 12.2. The van der Waals surface area contributed by atoms with Gasteiger partial charge in [0.25, 0.3) is 0 Å². The molecule has 178 valence electrons. The Morgan fingerprint density at radius 2 is 1.78 bits per heavy atom. The first kappa shape index (κ1) is 28.1. The molecule has 0 amide bonds. The van der Waals surface area contributed by atoms with Crippen molar-refractivity contribution < 1.29 is 17.9 Å². The van der Waals surface area contributed by atoms with Gasteiger partial charge in [-0.2, -0.15) is 0 Å².